The fraction of sp³-hybridized carbons (Fsp3) is 0.571. The maximum Gasteiger partial charge on any atom is 0.0632 e. The Morgan fingerprint density at radius 3 is 1.81 bits per heavy atom. The topological polar surface area (TPSA) is 12.0 Å². The fourth-order valence-corrected chi connectivity index (χ4v) is 2.33. The maximum absolute atomic E-state index is 3.30. The van der Waals surface area contributed by atoms with Crippen LogP contribution in [-0.2, 0) is 5.41 Å². The molecule has 90 valence electrons. The first-order valence-corrected chi connectivity index (χ1v) is 6.55. The van der Waals surface area contributed by atoms with Crippen molar-refractivity contribution in [3.05, 3.63) is 29.8 Å². The van der Waals surface area contributed by atoms with Gasteiger partial charge in [-0.25, -0.2) is 0 Å². The summed E-state index contributed by atoms with van der Waals surface area (Å²) in [5, 5.41) is 3.30. The molecule has 0 aliphatic rings. The number of benzene rings is 1. The molecule has 0 amide bonds. The van der Waals surface area contributed by atoms with Crippen molar-refractivity contribution < 1.29 is 0 Å². The second-order valence-electron chi connectivity index (χ2n) is 5.64. The number of nitrogens with one attached hydrogen (secondary N) is 1. The summed E-state index contributed by atoms with van der Waals surface area (Å²) in [5.74, 6) is 0. The molecule has 0 radical (unpaired) electrons. The summed E-state index contributed by atoms with van der Waals surface area (Å²) >= 11 is 1.85. The molecule has 1 N–H and O–H groups in total. The van der Waals surface area contributed by atoms with Gasteiger partial charge in [-0.3, -0.25) is 0 Å². The van der Waals surface area contributed by atoms with Crippen LogP contribution in [0.4, 0.5) is 0 Å². The highest BCUT2D eigenvalue weighted by Crippen LogP contribution is 2.31. The first kappa shape index (κ1) is 13.6. The third-order valence-electron chi connectivity index (χ3n) is 2.70. The van der Waals surface area contributed by atoms with Gasteiger partial charge >= 0.3 is 0 Å². The SMILES string of the molecule is CNC(C)(C)Sc1ccc(C(C)(C)C)cc1. The molecule has 0 spiro atoms. The Bertz CT molecular complexity index is 333. The molecule has 1 aromatic rings. The maximum atomic E-state index is 3.30. The molecule has 2 heteroatoms. The number of hydrogen-bond donors (Lipinski definition) is 1. The summed E-state index contributed by atoms with van der Waals surface area (Å²) in [6.07, 6.45) is 0. The van der Waals surface area contributed by atoms with Crippen LogP contribution in [0.2, 0.25) is 0 Å². The first-order valence-electron chi connectivity index (χ1n) is 5.73. The summed E-state index contributed by atoms with van der Waals surface area (Å²) in [7, 11) is 2.00. The van der Waals surface area contributed by atoms with Crippen LogP contribution in [0.15, 0.2) is 29.2 Å². The number of rotatable bonds is 3. The predicted molar refractivity (Wildman–Crippen MR) is 74.1 cm³/mol. The molecule has 0 bridgehead atoms. The van der Waals surface area contributed by atoms with Gasteiger partial charge in [-0.1, -0.05) is 32.9 Å². The number of hydrogen-bond acceptors (Lipinski definition) is 2. The molecule has 0 aliphatic heterocycles. The number of thioether (sulfide) groups is 1. The van der Waals surface area contributed by atoms with Gasteiger partial charge in [0.15, 0.2) is 0 Å². The zero-order valence-electron chi connectivity index (χ0n) is 11.2. The van der Waals surface area contributed by atoms with E-state index in [1.54, 1.807) is 0 Å². The minimum atomic E-state index is 0.0866. The Balaban J connectivity index is 2.80. The zero-order valence-corrected chi connectivity index (χ0v) is 12.0. The molecule has 0 fully saturated rings. The van der Waals surface area contributed by atoms with Crippen molar-refractivity contribution >= 4 is 11.8 Å². The van der Waals surface area contributed by atoms with Gasteiger partial charge in [0.1, 0.15) is 0 Å². The minimum Gasteiger partial charge on any atom is -0.306 e. The quantitative estimate of drug-likeness (QED) is 0.629. The molecule has 1 rings (SSSR count). The van der Waals surface area contributed by atoms with Crippen LogP contribution in [0.1, 0.15) is 40.2 Å². The largest absolute Gasteiger partial charge is 0.306 e. The van der Waals surface area contributed by atoms with Gasteiger partial charge in [0.25, 0.3) is 0 Å². The Morgan fingerprint density at radius 2 is 1.44 bits per heavy atom. The van der Waals surface area contributed by atoms with Crippen molar-refractivity contribution in [1.29, 1.82) is 0 Å². The molecule has 0 unspecified atom stereocenters. The monoisotopic (exact) mass is 237 g/mol. The standard InChI is InChI=1S/C14H23NS/c1-13(2,3)11-7-9-12(10-8-11)16-14(4,5)15-6/h7-10,15H,1-6H3. The molecular weight excluding hydrogens is 214 g/mol. The zero-order chi connectivity index (χ0) is 12.4. The molecule has 16 heavy (non-hydrogen) atoms. The van der Waals surface area contributed by atoms with Crippen LogP contribution in [0.5, 0.6) is 0 Å². The molecule has 0 heterocycles. The second kappa shape index (κ2) is 4.80. The first-order chi connectivity index (χ1) is 7.24. The molecule has 0 atom stereocenters. The van der Waals surface area contributed by atoms with Gasteiger partial charge < -0.3 is 5.32 Å². The smallest absolute Gasteiger partial charge is 0.0632 e. The summed E-state index contributed by atoms with van der Waals surface area (Å²) < 4.78 is 0. The van der Waals surface area contributed by atoms with Crippen LogP contribution >= 0.6 is 11.8 Å². The molecular formula is C14H23NS. The average Bonchev–Trinajstić information content (AvgIpc) is 2.16. The van der Waals surface area contributed by atoms with E-state index in [2.05, 4.69) is 64.2 Å². The minimum absolute atomic E-state index is 0.0866. The van der Waals surface area contributed by atoms with E-state index in [9.17, 15) is 0 Å². The van der Waals surface area contributed by atoms with E-state index in [1.165, 1.54) is 10.5 Å². The van der Waals surface area contributed by atoms with Crippen LogP contribution < -0.4 is 5.32 Å². The summed E-state index contributed by atoms with van der Waals surface area (Å²) in [6, 6.07) is 8.89. The molecule has 0 aliphatic carbocycles. The molecule has 1 aromatic carbocycles. The van der Waals surface area contributed by atoms with Gasteiger partial charge in [0.05, 0.1) is 4.87 Å². The van der Waals surface area contributed by atoms with Gasteiger partial charge in [0, 0.05) is 4.90 Å². The van der Waals surface area contributed by atoms with E-state index < -0.39 is 0 Å². The highest BCUT2D eigenvalue weighted by Gasteiger charge is 2.17. The Morgan fingerprint density at radius 1 is 0.938 bits per heavy atom. The lowest BCUT2D eigenvalue weighted by molar-refractivity contribution is 0.589. The summed E-state index contributed by atoms with van der Waals surface area (Å²) in [6.45, 7) is 11.1. The van der Waals surface area contributed by atoms with Gasteiger partial charge in [-0.2, -0.15) is 0 Å². The lowest BCUT2D eigenvalue weighted by atomic mass is 9.87. The Hall–Kier alpha value is -0.470. The van der Waals surface area contributed by atoms with E-state index in [0.29, 0.717) is 0 Å². The van der Waals surface area contributed by atoms with Gasteiger partial charge in [-0.05, 0) is 44.0 Å². The van der Waals surface area contributed by atoms with Crippen molar-refractivity contribution in [1.82, 2.24) is 5.32 Å². The second-order valence-corrected chi connectivity index (χ2v) is 7.33. The molecule has 0 saturated carbocycles. The highest BCUT2D eigenvalue weighted by atomic mass is 32.2. The van der Waals surface area contributed by atoms with Crippen molar-refractivity contribution in [2.75, 3.05) is 7.05 Å². The Kier molecular flexibility index (Phi) is 4.08. The van der Waals surface area contributed by atoms with E-state index >= 15 is 0 Å². The third-order valence-corrected chi connectivity index (χ3v) is 3.92. The Labute approximate surface area is 104 Å². The van der Waals surface area contributed by atoms with Crippen LogP contribution in [0.25, 0.3) is 0 Å². The van der Waals surface area contributed by atoms with Crippen LogP contribution in [0.3, 0.4) is 0 Å². The van der Waals surface area contributed by atoms with Crippen molar-refractivity contribution in [2.45, 2.75) is 49.8 Å². The molecule has 0 aromatic heterocycles. The lowest BCUT2D eigenvalue weighted by Crippen LogP contribution is -2.31. The lowest BCUT2D eigenvalue weighted by Gasteiger charge is -2.24. The van der Waals surface area contributed by atoms with Crippen LogP contribution in [-0.4, -0.2) is 11.9 Å². The van der Waals surface area contributed by atoms with Gasteiger partial charge in [0.2, 0.25) is 0 Å². The van der Waals surface area contributed by atoms with Crippen LogP contribution in [0, 0.1) is 0 Å². The summed E-state index contributed by atoms with van der Waals surface area (Å²) in [4.78, 5) is 1.40. The average molecular weight is 237 g/mol. The van der Waals surface area contributed by atoms with Gasteiger partial charge in [-0.15, -0.1) is 11.8 Å². The van der Waals surface area contributed by atoms with Crippen molar-refractivity contribution in [3.63, 3.8) is 0 Å². The third kappa shape index (κ3) is 3.84. The van der Waals surface area contributed by atoms with Crippen molar-refractivity contribution in [3.8, 4) is 0 Å². The fourth-order valence-electron chi connectivity index (χ4n) is 1.37. The highest BCUT2D eigenvalue weighted by molar-refractivity contribution is 8.00. The normalized spacial score (nSPS) is 12.9. The van der Waals surface area contributed by atoms with E-state index in [1.807, 2.05) is 18.8 Å². The van der Waals surface area contributed by atoms with Crippen molar-refractivity contribution in [2.24, 2.45) is 0 Å². The van der Waals surface area contributed by atoms with E-state index in [4.69, 9.17) is 0 Å². The molecule has 0 saturated heterocycles. The van der Waals surface area contributed by atoms with E-state index in [-0.39, 0.29) is 10.3 Å². The molecule has 1 nitrogen and oxygen atoms in total. The predicted octanol–water partition coefficient (Wildman–Crippen LogP) is 4.03. The van der Waals surface area contributed by atoms with E-state index in [0.717, 1.165) is 0 Å². The summed E-state index contributed by atoms with van der Waals surface area (Å²) in [5.41, 5.74) is 1.63.